The van der Waals surface area contributed by atoms with E-state index in [4.69, 9.17) is 4.74 Å². The molecule has 2 aromatic carbocycles. The van der Waals surface area contributed by atoms with Gasteiger partial charge in [-0.05, 0) is 24.6 Å². The van der Waals surface area contributed by atoms with Crippen LogP contribution in [0.1, 0.15) is 25.5 Å². The molecule has 0 spiro atoms. The molecule has 0 bridgehead atoms. The lowest BCUT2D eigenvalue weighted by molar-refractivity contribution is -0.116. The molecule has 0 radical (unpaired) electrons. The number of hydrogen-bond acceptors (Lipinski definition) is 4. The molecule has 1 amide bonds. The first-order valence-electron chi connectivity index (χ1n) is 8.01. The summed E-state index contributed by atoms with van der Waals surface area (Å²) in [6.07, 6.45) is 0. The van der Waals surface area contributed by atoms with Crippen molar-refractivity contribution in [1.29, 1.82) is 0 Å². The van der Waals surface area contributed by atoms with Gasteiger partial charge >= 0.3 is 0 Å². The predicted octanol–water partition coefficient (Wildman–Crippen LogP) is 2.47. The van der Waals surface area contributed by atoms with Gasteiger partial charge < -0.3 is 9.64 Å². The van der Waals surface area contributed by atoms with E-state index < -0.39 is 10.0 Å². The van der Waals surface area contributed by atoms with Crippen LogP contribution >= 0.6 is 0 Å². The predicted molar refractivity (Wildman–Crippen MR) is 95.1 cm³/mol. The summed E-state index contributed by atoms with van der Waals surface area (Å²) in [5, 5.41) is 0. The SMILES string of the molecule is CC(=O)N1CCOc2cc(S(=O)(=O)NC(C)c3ccccc3)ccc21. The van der Waals surface area contributed by atoms with Crippen molar-refractivity contribution >= 4 is 21.6 Å². The fraction of sp³-hybridized carbons (Fsp3) is 0.278. The summed E-state index contributed by atoms with van der Waals surface area (Å²) in [6.45, 7) is 4.06. The van der Waals surface area contributed by atoms with Crippen molar-refractivity contribution in [2.45, 2.75) is 24.8 Å². The Morgan fingerprint density at radius 2 is 1.92 bits per heavy atom. The number of sulfonamides is 1. The maximum absolute atomic E-state index is 12.7. The van der Waals surface area contributed by atoms with Gasteiger partial charge in [0.05, 0.1) is 17.1 Å². The van der Waals surface area contributed by atoms with E-state index in [-0.39, 0.29) is 16.8 Å². The number of carbonyl (C=O) groups is 1. The summed E-state index contributed by atoms with van der Waals surface area (Å²) in [4.78, 5) is 13.4. The van der Waals surface area contributed by atoms with Gasteiger partial charge in [-0.2, -0.15) is 0 Å². The Hall–Kier alpha value is -2.38. The Kier molecular flexibility index (Phi) is 4.78. The van der Waals surface area contributed by atoms with Crippen LogP contribution in [0.2, 0.25) is 0 Å². The molecule has 7 heteroatoms. The average molecular weight is 360 g/mol. The minimum absolute atomic E-state index is 0.101. The highest BCUT2D eigenvalue weighted by Crippen LogP contribution is 2.34. The number of benzene rings is 2. The standard InChI is InChI=1S/C18H20N2O4S/c1-13(15-6-4-3-5-7-15)19-25(22,23)16-8-9-17-18(12-16)24-11-10-20(17)14(2)21/h3-9,12-13,19H,10-11H2,1-2H3. The second-order valence-electron chi connectivity index (χ2n) is 5.90. The quantitative estimate of drug-likeness (QED) is 0.909. The Morgan fingerprint density at radius 1 is 1.20 bits per heavy atom. The Morgan fingerprint density at radius 3 is 2.60 bits per heavy atom. The zero-order valence-electron chi connectivity index (χ0n) is 14.1. The number of nitrogens with one attached hydrogen (secondary N) is 1. The summed E-state index contributed by atoms with van der Waals surface area (Å²) in [5.41, 5.74) is 1.47. The highest BCUT2D eigenvalue weighted by molar-refractivity contribution is 7.89. The Balaban J connectivity index is 1.87. The first-order chi connectivity index (χ1) is 11.9. The van der Waals surface area contributed by atoms with Crippen molar-refractivity contribution in [2.75, 3.05) is 18.1 Å². The van der Waals surface area contributed by atoms with Gasteiger partial charge in [0.2, 0.25) is 15.9 Å². The molecule has 0 aromatic heterocycles. The van der Waals surface area contributed by atoms with E-state index in [2.05, 4.69) is 4.72 Å². The second-order valence-corrected chi connectivity index (χ2v) is 7.62. The zero-order valence-corrected chi connectivity index (χ0v) is 14.9. The molecule has 1 heterocycles. The van der Waals surface area contributed by atoms with Gasteiger partial charge in [0.25, 0.3) is 0 Å². The third-order valence-electron chi connectivity index (χ3n) is 4.12. The van der Waals surface area contributed by atoms with Crippen molar-refractivity contribution < 1.29 is 17.9 Å². The van der Waals surface area contributed by atoms with Crippen molar-refractivity contribution in [3.63, 3.8) is 0 Å². The van der Waals surface area contributed by atoms with E-state index in [0.29, 0.717) is 24.6 Å². The van der Waals surface area contributed by atoms with Gasteiger partial charge in [-0.15, -0.1) is 0 Å². The molecule has 1 N–H and O–H groups in total. The summed E-state index contributed by atoms with van der Waals surface area (Å²) < 4.78 is 33.5. The molecule has 1 aliphatic rings. The Labute approximate surface area is 147 Å². The van der Waals surface area contributed by atoms with Crippen LogP contribution in [0.15, 0.2) is 53.4 Å². The summed E-state index contributed by atoms with van der Waals surface area (Å²) in [5.74, 6) is 0.299. The van der Waals surface area contributed by atoms with Gasteiger partial charge in [0, 0.05) is 19.0 Å². The fourth-order valence-corrected chi connectivity index (χ4v) is 4.05. The largest absolute Gasteiger partial charge is 0.489 e. The van der Waals surface area contributed by atoms with Crippen LogP contribution < -0.4 is 14.4 Å². The summed E-state index contributed by atoms with van der Waals surface area (Å²) in [6, 6.07) is 13.5. The number of hydrogen-bond donors (Lipinski definition) is 1. The molecule has 1 atom stereocenters. The average Bonchev–Trinajstić information content (AvgIpc) is 2.61. The van der Waals surface area contributed by atoms with Crippen LogP contribution in [0.4, 0.5) is 5.69 Å². The van der Waals surface area contributed by atoms with Gasteiger partial charge in [-0.1, -0.05) is 30.3 Å². The molecule has 1 unspecified atom stereocenters. The van der Waals surface area contributed by atoms with Crippen LogP contribution in [0.3, 0.4) is 0 Å². The maximum atomic E-state index is 12.7. The van der Waals surface area contributed by atoms with Crippen LogP contribution in [0.5, 0.6) is 5.75 Å². The van der Waals surface area contributed by atoms with Gasteiger partial charge in [0.1, 0.15) is 12.4 Å². The molecule has 0 aliphatic carbocycles. The van der Waals surface area contributed by atoms with E-state index in [1.807, 2.05) is 30.3 Å². The molecule has 6 nitrogen and oxygen atoms in total. The first kappa shape index (κ1) is 17.4. The van der Waals surface area contributed by atoms with E-state index in [1.54, 1.807) is 17.9 Å². The highest BCUT2D eigenvalue weighted by Gasteiger charge is 2.25. The number of amides is 1. The molecule has 0 fully saturated rings. The highest BCUT2D eigenvalue weighted by atomic mass is 32.2. The van der Waals surface area contributed by atoms with Gasteiger partial charge in [-0.25, -0.2) is 13.1 Å². The Bertz CT molecular complexity index is 881. The van der Waals surface area contributed by atoms with Crippen LogP contribution in [0.25, 0.3) is 0 Å². The van der Waals surface area contributed by atoms with Crippen molar-refractivity contribution in [3.8, 4) is 5.75 Å². The normalized spacial score (nSPS) is 15.2. The first-order valence-corrected chi connectivity index (χ1v) is 9.49. The molecule has 0 saturated carbocycles. The molecule has 0 saturated heterocycles. The van der Waals surface area contributed by atoms with Gasteiger partial charge in [-0.3, -0.25) is 4.79 Å². The van der Waals surface area contributed by atoms with Crippen LogP contribution in [-0.4, -0.2) is 27.5 Å². The zero-order chi connectivity index (χ0) is 18.0. The third kappa shape index (κ3) is 3.67. The number of rotatable bonds is 4. The molecule has 3 rings (SSSR count). The van der Waals surface area contributed by atoms with E-state index in [0.717, 1.165) is 5.56 Å². The molecule has 2 aromatic rings. The monoisotopic (exact) mass is 360 g/mol. The molecule has 1 aliphatic heterocycles. The lowest BCUT2D eigenvalue weighted by Crippen LogP contribution is -2.36. The topological polar surface area (TPSA) is 75.7 Å². The fourth-order valence-electron chi connectivity index (χ4n) is 2.81. The minimum atomic E-state index is -3.71. The van der Waals surface area contributed by atoms with Crippen molar-refractivity contribution in [1.82, 2.24) is 4.72 Å². The molecular weight excluding hydrogens is 340 g/mol. The molecular formula is C18H20N2O4S. The minimum Gasteiger partial charge on any atom is -0.489 e. The number of carbonyl (C=O) groups excluding carboxylic acids is 1. The van der Waals surface area contributed by atoms with Crippen molar-refractivity contribution in [3.05, 3.63) is 54.1 Å². The van der Waals surface area contributed by atoms with Crippen LogP contribution in [0, 0.1) is 0 Å². The third-order valence-corrected chi connectivity index (χ3v) is 5.65. The van der Waals surface area contributed by atoms with Crippen molar-refractivity contribution in [2.24, 2.45) is 0 Å². The van der Waals surface area contributed by atoms with Gasteiger partial charge in [0.15, 0.2) is 0 Å². The van der Waals surface area contributed by atoms with E-state index >= 15 is 0 Å². The summed E-state index contributed by atoms with van der Waals surface area (Å²) >= 11 is 0. The number of ether oxygens (including phenoxy) is 1. The second kappa shape index (κ2) is 6.85. The smallest absolute Gasteiger partial charge is 0.241 e. The molecule has 132 valence electrons. The van der Waals surface area contributed by atoms with Crippen LogP contribution in [-0.2, 0) is 14.8 Å². The van der Waals surface area contributed by atoms with E-state index in [9.17, 15) is 13.2 Å². The lowest BCUT2D eigenvalue weighted by Gasteiger charge is -2.29. The lowest BCUT2D eigenvalue weighted by atomic mass is 10.1. The van der Waals surface area contributed by atoms with E-state index in [1.165, 1.54) is 19.1 Å². The number of nitrogens with zero attached hydrogens (tertiary/aromatic N) is 1. The molecule has 25 heavy (non-hydrogen) atoms. The number of anilines is 1. The maximum Gasteiger partial charge on any atom is 0.241 e. The number of fused-ring (bicyclic) bond motifs is 1. The summed E-state index contributed by atoms with van der Waals surface area (Å²) in [7, 11) is -3.71.